The Hall–Kier alpha value is -0.690. The predicted octanol–water partition coefficient (Wildman–Crippen LogP) is 17.5. The molecule has 0 aliphatic heterocycles. The van der Waals surface area contributed by atoms with Gasteiger partial charge in [-0.25, -0.2) is 0 Å². The first kappa shape index (κ1) is 64.3. The maximum absolute atomic E-state index is 12.6. The number of carbonyl (C=O) groups is 1. The van der Waals surface area contributed by atoms with Crippen molar-refractivity contribution in [2.45, 2.75) is 366 Å². The largest absolute Gasteiger partial charge is 0.394 e. The predicted molar refractivity (Wildman–Crippen MR) is 284 cm³/mol. The molecule has 0 saturated heterocycles. The minimum atomic E-state index is -1.25. The first-order valence-corrected chi connectivity index (χ1v) is 29.9. The summed E-state index contributed by atoms with van der Waals surface area (Å²) in [6, 6.07) is -0.981. The van der Waals surface area contributed by atoms with Gasteiger partial charge in [0.15, 0.2) is 0 Å². The molecule has 390 valence electrons. The summed E-state index contributed by atoms with van der Waals surface area (Å²) in [5.74, 6) is -0.575. The maximum Gasteiger partial charge on any atom is 0.249 e. The molecule has 1 amide bonds. The molecular formula is C59H119NO5. The van der Waals surface area contributed by atoms with Crippen LogP contribution in [0.4, 0.5) is 0 Å². The zero-order valence-corrected chi connectivity index (χ0v) is 44.3. The Bertz CT molecular complexity index is 902. The van der Waals surface area contributed by atoms with Crippen LogP contribution in [0.25, 0.3) is 0 Å². The van der Waals surface area contributed by atoms with Crippen molar-refractivity contribution in [1.82, 2.24) is 5.32 Å². The molecule has 0 aromatic rings. The number of amides is 1. The topological polar surface area (TPSA) is 110 Å². The van der Waals surface area contributed by atoms with Crippen LogP contribution in [0.1, 0.15) is 341 Å². The molecule has 0 heterocycles. The van der Waals surface area contributed by atoms with Crippen molar-refractivity contribution < 1.29 is 25.2 Å². The van der Waals surface area contributed by atoms with Crippen LogP contribution in [0.3, 0.4) is 0 Å². The highest BCUT2D eigenvalue weighted by atomic mass is 16.3. The van der Waals surface area contributed by atoms with Gasteiger partial charge in [0.2, 0.25) is 5.91 Å². The lowest BCUT2D eigenvalue weighted by atomic mass is 9.99. The Morgan fingerprint density at radius 1 is 0.323 bits per heavy atom. The van der Waals surface area contributed by atoms with Gasteiger partial charge in [-0.15, -0.1) is 0 Å². The van der Waals surface area contributed by atoms with E-state index in [1.54, 1.807) is 0 Å². The lowest BCUT2D eigenvalue weighted by Crippen LogP contribution is -2.53. The van der Waals surface area contributed by atoms with Crippen LogP contribution < -0.4 is 5.32 Å². The molecule has 4 atom stereocenters. The minimum Gasteiger partial charge on any atom is -0.394 e. The second kappa shape index (κ2) is 54.3. The van der Waals surface area contributed by atoms with E-state index in [1.165, 1.54) is 276 Å². The number of carbonyl (C=O) groups excluding carboxylic acids is 1. The van der Waals surface area contributed by atoms with Gasteiger partial charge in [-0.05, 0) is 12.8 Å². The van der Waals surface area contributed by atoms with Crippen molar-refractivity contribution in [2.24, 2.45) is 0 Å². The van der Waals surface area contributed by atoms with Crippen LogP contribution in [0.5, 0.6) is 0 Å². The lowest BCUT2D eigenvalue weighted by Gasteiger charge is -2.27. The number of aliphatic hydroxyl groups is 4. The molecule has 0 fully saturated rings. The molecule has 6 heteroatoms. The molecule has 0 rings (SSSR count). The van der Waals surface area contributed by atoms with Crippen molar-refractivity contribution in [2.75, 3.05) is 6.61 Å². The third kappa shape index (κ3) is 48.1. The highest BCUT2D eigenvalue weighted by Gasteiger charge is 2.28. The quantitative estimate of drug-likeness (QED) is 0.0390. The van der Waals surface area contributed by atoms with E-state index in [0.717, 1.165) is 38.5 Å². The van der Waals surface area contributed by atoms with E-state index in [-0.39, 0.29) is 0 Å². The highest BCUT2D eigenvalue weighted by molar-refractivity contribution is 5.80. The summed E-state index contributed by atoms with van der Waals surface area (Å²) in [5.41, 5.74) is 0. The molecule has 0 saturated carbocycles. The van der Waals surface area contributed by atoms with E-state index in [1.807, 2.05) is 0 Å². The Morgan fingerprint density at radius 3 is 0.738 bits per heavy atom. The van der Waals surface area contributed by atoms with Crippen LogP contribution in [0.15, 0.2) is 0 Å². The van der Waals surface area contributed by atoms with E-state index < -0.39 is 36.9 Å². The number of rotatable bonds is 56. The average Bonchev–Trinajstić information content (AvgIpc) is 3.31. The van der Waals surface area contributed by atoms with Crippen LogP contribution in [0, 0.1) is 0 Å². The molecule has 0 aliphatic rings. The van der Waals surface area contributed by atoms with Gasteiger partial charge in [-0.1, -0.05) is 328 Å². The van der Waals surface area contributed by atoms with Crippen LogP contribution in [-0.4, -0.2) is 57.3 Å². The highest BCUT2D eigenvalue weighted by Crippen LogP contribution is 2.19. The van der Waals surface area contributed by atoms with Crippen LogP contribution in [-0.2, 0) is 4.79 Å². The number of hydrogen-bond acceptors (Lipinski definition) is 5. The summed E-state index contributed by atoms with van der Waals surface area (Å²) in [5, 5.41) is 44.1. The standard InChI is InChI=1S/C59H119NO5/c1-3-5-7-9-11-13-15-17-19-21-23-25-26-27-28-29-30-31-32-33-35-36-38-40-42-44-46-48-50-52-56(62)58(64)55(54-61)60-59(65)57(63)53-51-49-47-45-43-41-39-37-34-24-22-20-18-16-14-12-10-8-6-4-2/h55-58,61-64H,3-54H2,1-2H3,(H,60,65). The molecular weight excluding hydrogens is 803 g/mol. The smallest absolute Gasteiger partial charge is 0.249 e. The number of unbranched alkanes of at least 4 members (excludes halogenated alkanes) is 47. The van der Waals surface area contributed by atoms with Gasteiger partial charge < -0.3 is 25.7 Å². The van der Waals surface area contributed by atoms with Crippen molar-refractivity contribution in [3.05, 3.63) is 0 Å². The summed E-state index contributed by atoms with van der Waals surface area (Å²) in [4.78, 5) is 12.6. The summed E-state index contributed by atoms with van der Waals surface area (Å²) in [6.07, 6.45) is 63.3. The summed E-state index contributed by atoms with van der Waals surface area (Å²) >= 11 is 0. The lowest BCUT2D eigenvalue weighted by molar-refractivity contribution is -0.132. The number of hydrogen-bond donors (Lipinski definition) is 5. The van der Waals surface area contributed by atoms with E-state index in [2.05, 4.69) is 19.2 Å². The molecule has 65 heavy (non-hydrogen) atoms. The Kier molecular flexibility index (Phi) is 53.7. The van der Waals surface area contributed by atoms with E-state index in [0.29, 0.717) is 12.8 Å². The van der Waals surface area contributed by atoms with E-state index >= 15 is 0 Å². The van der Waals surface area contributed by atoms with Crippen LogP contribution >= 0.6 is 0 Å². The van der Waals surface area contributed by atoms with Gasteiger partial charge in [0.05, 0.1) is 18.8 Å². The summed E-state index contributed by atoms with van der Waals surface area (Å²) in [7, 11) is 0. The maximum atomic E-state index is 12.6. The third-order valence-electron chi connectivity index (χ3n) is 14.6. The second-order valence-corrected chi connectivity index (χ2v) is 21.1. The van der Waals surface area contributed by atoms with Gasteiger partial charge in [0, 0.05) is 0 Å². The normalized spacial score (nSPS) is 13.6. The fourth-order valence-electron chi connectivity index (χ4n) is 9.88. The molecule has 5 N–H and O–H groups in total. The van der Waals surface area contributed by atoms with Gasteiger partial charge in [-0.2, -0.15) is 0 Å². The van der Waals surface area contributed by atoms with Crippen molar-refractivity contribution >= 4 is 5.91 Å². The molecule has 0 aromatic heterocycles. The third-order valence-corrected chi connectivity index (χ3v) is 14.6. The number of nitrogens with one attached hydrogen (secondary N) is 1. The minimum absolute atomic E-state index is 0.376. The van der Waals surface area contributed by atoms with E-state index in [4.69, 9.17) is 0 Å². The van der Waals surface area contributed by atoms with E-state index in [9.17, 15) is 25.2 Å². The van der Waals surface area contributed by atoms with Crippen molar-refractivity contribution in [3.63, 3.8) is 0 Å². The molecule has 6 nitrogen and oxygen atoms in total. The second-order valence-electron chi connectivity index (χ2n) is 21.1. The first-order chi connectivity index (χ1) is 32.0. The molecule has 4 unspecified atom stereocenters. The summed E-state index contributed by atoms with van der Waals surface area (Å²) in [6.45, 7) is 4.10. The van der Waals surface area contributed by atoms with Gasteiger partial charge >= 0.3 is 0 Å². The zero-order chi connectivity index (χ0) is 47.4. The molecule has 0 aromatic carbocycles. The molecule has 0 aliphatic carbocycles. The van der Waals surface area contributed by atoms with Gasteiger partial charge in [0.1, 0.15) is 12.2 Å². The summed E-state index contributed by atoms with van der Waals surface area (Å²) < 4.78 is 0. The number of aliphatic hydroxyl groups excluding tert-OH is 4. The fraction of sp³-hybridized carbons (Fsp3) is 0.983. The zero-order valence-electron chi connectivity index (χ0n) is 44.3. The van der Waals surface area contributed by atoms with Crippen molar-refractivity contribution in [1.29, 1.82) is 0 Å². The first-order valence-electron chi connectivity index (χ1n) is 29.9. The molecule has 0 spiro atoms. The Labute approximate surface area is 407 Å². The monoisotopic (exact) mass is 922 g/mol. The SMILES string of the molecule is CCCCCCCCCCCCCCCCCCCCCCCCCCCCCCCC(O)C(O)C(CO)NC(=O)C(O)CCCCCCCCCCCCCCCCCCCCCC. The molecule has 0 bridgehead atoms. The van der Waals surface area contributed by atoms with Gasteiger partial charge in [-0.3, -0.25) is 4.79 Å². The average molecular weight is 923 g/mol. The Balaban J connectivity index is 3.55. The fourth-order valence-corrected chi connectivity index (χ4v) is 9.88. The van der Waals surface area contributed by atoms with Gasteiger partial charge in [0.25, 0.3) is 0 Å². The van der Waals surface area contributed by atoms with Crippen LogP contribution in [0.2, 0.25) is 0 Å². The Morgan fingerprint density at radius 2 is 0.523 bits per heavy atom. The van der Waals surface area contributed by atoms with Crippen molar-refractivity contribution in [3.8, 4) is 0 Å². The molecule has 0 radical (unpaired) electrons.